The highest BCUT2D eigenvalue weighted by atomic mass is 16.1. The van der Waals surface area contributed by atoms with Crippen molar-refractivity contribution < 1.29 is 4.79 Å². The Hall–Kier alpha value is -6.85. The van der Waals surface area contributed by atoms with Crippen molar-refractivity contribution in [3.05, 3.63) is 214 Å². The summed E-state index contributed by atoms with van der Waals surface area (Å²) in [7, 11) is 0. The molecule has 0 radical (unpaired) electrons. The summed E-state index contributed by atoms with van der Waals surface area (Å²) in [6.07, 6.45) is 4.97. The van der Waals surface area contributed by atoms with Gasteiger partial charge >= 0.3 is 0 Å². The van der Waals surface area contributed by atoms with Crippen molar-refractivity contribution >= 4 is 39.9 Å². The van der Waals surface area contributed by atoms with Crippen LogP contribution in [0.3, 0.4) is 0 Å². The number of carbonyl (C=O) groups excluding carboxylic acids is 1. The molecule has 6 aromatic rings. The first-order chi connectivity index (χ1) is 30.3. The zero-order chi connectivity index (χ0) is 43.0. The van der Waals surface area contributed by atoms with E-state index in [2.05, 4.69) is 178 Å². The molecule has 8 rings (SSSR count). The number of aryl methyl sites for hydroxylation is 4. The van der Waals surface area contributed by atoms with E-state index in [-0.39, 0.29) is 12.3 Å². The smallest absolute Gasteiger partial charge is 0.228 e. The van der Waals surface area contributed by atoms with Crippen LogP contribution in [0.4, 0.5) is 11.4 Å². The molecule has 0 saturated carbocycles. The Bertz CT molecular complexity index is 2490. The molecular formula is C57H56N4O. The molecule has 1 amide bonds. The van der Waals surface area contributed by atoms with Crippen LogP contribution in [0, 0.1) is 0 Å². The fourth-order valence-corrected chi connectivity index (χ4v) is 8.45. The fraction of sp³-hybridized carbons (Fsp3) is 0.211. The molecule has 0 fully saturated rings. The molecule has 2 aliphatic heterocycles. The Kier molecular flexibility index (Phi) is 13.0. The van der Waals surface area contributed by atoms with Gasteiger partial charge in [-0.15, -0.1) is 0 Å². The third-order valence-electron chi connectivity index (χ3n) is 12.1. The Morgan fingerprint density at radius 2 is 0.758 bits per heavy atom. The number of carbonyl (C=O) groups is 1. The molecule has 5 heteroatoms. The maximum Gasteiger partial charge on any atom is 0.228 e. The Morgan fingerprint density at radius 1 is 0.435 bits per heavy atom. The molecule has 2 N–H and O–H groups in total. The number of benzene rings is 6. The molecule has 0 saturated heterocycles. The molecule has 0 aliphatic carbocycles. The second kappa shape index (κ2) is 19.2. The summed E-state index contributed by atoms with van der Waals surface area (Å²) in [6.45, 7) is 14.3. The molecular weight excluding hydrogens is 757 g/mol. The average Bonchev–Trinajstić information content (AvgIpc) is 3.93. The van der Waals surface area contributed by atoms with Gasteiger partial charge in [0.2, 0.25) is 5.91 Å². The van der Waals surface area contributed by atoms with Crippen molar-refractivity contribution in [3.63, 3.8) is 0 Å². The molecule has 2 aliphatic rings. The highest BCUT2D eigenvalue weighted by Gasteiger charge is 2.25. The van der Waals surface area contributed by atoms with Crippen molar-refractivity contribution in [2.24, 2.45) is 9.98 Å². The summed E-state index contributed by atoms with van der Waals surface area (Å²) < 4.78 is 0. The van der Waals surface area contributed by atoms with E-state index in [9.17, 15) is 4.79 Å². The van der Waals surface area contributed by atoms with E-state index in [0.717, 1.165) is 93.1 Å². The molecule has 0 atom stereocenters. The van der Waals surface area contributed by atoms with Crippen LogP contribution >= 0.6 is 0 Å². The van der Waals surface area contributed by atoms with Crippen molar-refractivity contribution in [3.8, 4) is 11.1 Å². The van der Waals surface area contributed by atoms with Crippen LogP contribution in [0.5, 0.6) is 0 Å². The molecule has 5 nitrogen and oxygen atoms in total. The first-order valence-electron chi connectivity index (χ1n) is 22.2. The van der Waals surface area contributed by atoms with E-state index < -0.39 is 0 Å². The van der Waals surface area contributed by atoms with Crippen LogP contribution in [0.25, 0.3) is 22.3 Å². The van der Waals surface area contributed by atoms with Crippen LogP contribution in [-0.4, -0.2) is 30.4 Å². The highest BCUT2D eigenvalue weighted by molar-refractivity contribution is 6.35. The van der Waals surface area contributed by atoms with Crippen LogP contribution in [0.2, 0.25) is 0 Å². The van der Waals surface area contributed by atoms with Crippen molar-refractivity contribution in [2.45, 2.75) is 66.2 Å². The van der Waals surface area contributed by atoms with Gasteiger partial charge in [0.25, 0.3) is 0 Å². The standard InChI is InChI=1S/C57H56N4O/c1-6-39-10-18-45(19-11-39)54-49(36-58-56(54)47-22-14-41(8-3)15-23-47)34-38(5)60-51-30-26-43(27-31-51)44-28-32-52(33-29-44)61-53(62)35-50-37-59-57(48-24-16-42(9-4)17-25-48)55(50)46-20-12-40(7-2)13-21-46/h10-33,60H,5-9,34-37H2,1-4H3,(H,61,62). The fourth-order valence-electron chi connectivity index (χ4n) is 8.45. The van der Waals surface area contributed by atoms with Gasteiger partial charge in [-0.05, 0) is 106 Å². The number of amides is 1. The molecule has 0 aromatic heterocycles. The highest BCUT2D eigenvalue weighted by Crippen LogP contribution is 2.35. The van der Waals surface area contributed by atoms with Crippen molar-refractivity contribution in [1.82, 2.24) is 0 Å². The Balaban J connectivity index is 0.918. The van der Waals surface area contributed by atoms with Gasteiger partial charge in [-0.2, -0.15) is 0 Å². The average molecular weight is 813 g/mol. The number of hydrogen-bond acceptors (Lipinski definition) is 4. The number of aliphatic imine (C=N–C) groups is 2. The monoisotopic (exact) mass is 812 g/mol. The molecule has 2 heterocycles. The van der Waals surface area contributed by atoms with Gasteiger partial charge in [-0.3, -0.25) is 14.8 Å². The summed E-state index contributed by atoms with van der Waals surface area (Å²) in [6, 6.07) is 51.6. The number of allylic oxidation sites excluding steroid dienone is 3. The van der Waals surface area contributed by atoms with Gasteiger partial charge in [-0.25, -0.2) is 0 Å². The van der Waals surface area contributed by atoms with Gasteiger partial charge < -0.3 is 10.6 Å². The van der Waals surface area contributed by atoms with E-state index in [1.165, 1.54) is 39.0 Å². The molecule has 62 heavy (non-hydrogen) atoms. The van der Waals surface area contributed by atoms with Gasteiger partial charge in [0.1, 0.15) is 0 Å². The summed E-state index contributed by atoms with van der Waals surface area (Å²) in [5.41, 5.74) is 21.2. The van der Waals surface area contributed by atoms with Crippen LogP contribution in [-0.2, 0) is 30.5 Å². The lowest BCUT2D eigenvalue weighted by molar-refractivity contribution is -0.115. The zero-order valence-electron chi connectivity index (χ0n) is 36.5. The molecule has 0 spiro atoms. The lowest BCUT2D eigenvalue weighted by atomic mass is 9.91. The van der Waals surface area contributed by atoms with Crippen molar-refractivity contribution in [2.75, 3.05) is 23.7 Å². The van der Waals surface area contributed by atoms with E-state index in [4.69, 9.17) is 9.98 Å². The summed E-state index contributed by atoms with van der Waals surface area (Å²) in [5.74, 6) is -0.0489. The van der Waals surface area contributed by atoms with Crippen LogP contribution in [0.15, 0.2) is 179 Å². The summed E-state index contributed by atoms with van der Waals surface area (Å²) in [4.78, 5) is 23.6. The minimum absolute atomic E-state index is 0.0489. The maximum absolute atomic E-state index is 13.6. The quantitative estimate of drug-likeness (QED) is 0.102. The van der Waals surface area contributed by atoms with Crippen LogP contribution < -0.4 is 10.6 Å². The van der Waals surface area contributed by atoms with E-state index in [1.807, 2.05) is 12.1 Å². The number of nitrogens with one attached hydrogen (secondary N) is 2. The number of nitrogens with zero attached hydrogens (tertiary/aromatic N) is 2. The third-order valence-corrected chi connectivity index (χ3v) is 12.1. The summed E-state index contributed by atoms with van der Waals surface area (Å²) in [5, 5.41) is 6.71. The molecule has 6 aromatic carbocycles. The van der Waals surface area contributed by atoms with Gasteiger partial charge in [0.15, 0.2) is 0 Å². The second-order valence-corrected chi connectivity index (χ2v) is 16.3. The number of hydrogen-bond donors (Lipinski definition) is 2. The first-order valence-corrected chi connectivity index (χ1v) is 22.2. The predicted octanol–water partition coefficient (Wildman–Crippen LogP) is 13.2. The second-order valence-electron chi connectivity index (χ2n) is 16.3. The largest absolute Gasteiger partial charge is 0.359 e. The van der Waals surface area contributed by atoms with E-state index in [0.29, 0.717) is 19.5 Å². The van der Waals surface area contributed by atoms with Gasteiger partial charge in [-0.1, -0.05) is 156 Å². The van der Waals surface area contributed by atoms with Crippen molar-refractivity contribution in [1.29, 1.82) is 0 Å². The van der Waals surface area contributed by atoms with Crippen LogP contribution in [0.1, 0.15) is 85.0 Å². The Morgan fingerprint density at radius 3 is 1.13 bits per heavy atom. The number of anilines is 2. The third kappa shape index (κ3) is 9.53. The topological polar surface area (TPSA) is 65.8 Å². The van der Waals surface area contributed by atoms with Gasteiger partial charge in [0.05, 0.1) is 30.9 Å². The normalized spacial score (nSPS) is 13.6. The first kappa shape index (κ1) is 41.9. The molecule has 0 unspecified atom stereocenters. The lowest BCUT2D eigenvalue weighted by Gasteiger charge is -2.15. The lowest BCUT2D eigenvalue weighted by Crippen LogP contribution is -2.13. The predicted molar refractivity (Wildman–Crippen MR) is 262 cm³/mol. The van der Waals surface area contributed by atoms with E-state index >= 15 is 0 Å². The number of rotatable bonds is 16. The zero-order valence-corrected chi connectivity index (χ0v) is 36.5. The summed E-state index contributed by atoms with van der Waals surface area (Å²) >= 11 is 0. The molecule has 0 bridgehead atoms. The SMILES string of the molecule is C=C(CC1=C(c2ccc(CC)cc2)C(c2ccc(CC)cc2)=NC1)Nc1ccc(-c2ccc(NC(=O)CC3=C(c4ccc(CC)cc4)C(c4ccc(CC)cc4)=NC3)cc2)cc1. The van der Waals surface area contributed by atoms with E-state index in [1.54, 1.807) is 0 Å². The maximum atomic E-state index is 13.6. The van der Waals surface area contributed by atoms with Gasteiger partial charge in [0, 0.05) is 45.8 Å². The minimum Gasteiger partial charge on any atom is -0.359 e. The Labute approximate surface area is 367 Å². The molecule has 310 valence electrons. The minimum atomic E-state index is -0.0489.